The average molecular weight is 216 g/mol. The van der Waals surface area contributed by atoms with Crippen LogP contribution in [0.3, 0.4) is 0 Å². The molecule has 1 aromatic carbocycles. The Hall–Kier alpha value is -1.02. The van der Waals surface area contributed by atoms with E-state index in [9.17, 15) is 0 Å². The topological polar surface area (TPSA) is 29.3 Å². The van der Waals surface area contributed by atoms with Crippen molar-refractivity contribution in [1.82, 2.24) is 0 Å². The summed E-state index contributed by atoms with van der Waals surface area (Å²) >= 11 is 0. The Bertz CT molecular complexity index is 371. The molecular formula is C14H20N2. The Labute approximate surface area is 97.4 Å². The van der Waals surface area contributed by atoms with Crippen molar-refractivity contribution < 1.29 is 0 Å². The van der Waals surface area contributed by atoms with E-state index in [1.807, 2.05) is 0 Å². The summed E-state index contributed by atoms with van der Waals surface area (Å²) in [7, 11) is 0. The summed E-state index contributed by atoms with van der Waals surface area (Å²) in [4.78, 5) is 2.54. The van der Waals surface area contributed by atoms with Gasteiger partial charge in [0.2, 0.25) is 0 Å². The third-order valence-electron chi connectivity index (χ3n) is 4.09. The van der Waals surface area contributed by atoms with Crippen LogP contribution in [0.25, 0.3) is 0 Å². The van der Waals surface area contributed by atoms with Gasteiger partial charge in [-0.3, -0.25) is 0 Å². The molecule has 1 aromatic rings. The van der Waals surface area contributed by atoms with Crippen LogP contribution >= 0.6 is 0 Å². The molecule has 0 radical (unpaired) electrons. The zero-order valence-electron chi connectivity index (χ0n) is 9.73. The van der Waals surface area contributed by atoms with Crippen molar-refractivity contribution in [2.24, 2.45) is 11.7 Å². The molecule has 3 rings (SSSR count). The molecule has 0 bridgehead atoms. The normalized spacial score (nSPS) is 25.1. The Balaban J connectivity index is 1.82. The highest BCUT2D eigenvalue weighted by Gasteiger charge is 2.26. The van der Waals surface area contributed by atoms with Gasteiger partial charge in [-0.25, -0.2) is 0 Å². The maximum absolute atomic E-state index is 6.16. The maximum atomic E-state index is 6.16. The van der Waals surface area contributed by atoms with Crippen LogP contribution in [0, 0.1) is 5.92 Å². The van der Waals surface area contributed by atoms with Crippen molar-refractivity contribution in [1.29, 1.82) is 0 Å². The highest BCUT2D eigenvalue weighted by molar-refractivity contribution is 5.56. The van der Waals surface area contributed by atoms with Crippen LogP contribution in [0.4, 0.5) is 5.69 Å². The number of rotatable bonds is 2. The van der Waals surface area contributed by atoms with Crippen molar-refractivity contribution in [3.8, 4) is 0 Å². The van der Waals surface area contributed by atoms with E-state index < -0.39 is 0 Å². The molecule has 1 unspecified atom stereocenters. The van der Waals surface area contributed by atoms with Gasteiger partial charge in [0.05, 0.1) is 0 Å². The molecule has 1 fully saturated rings. The summed E-state index contributed by atoms with van der Waals surface area (Å²) < 4.78 is 0. The molecule has 1 atom stereocenters. The van der Waals surface area contributed by atoms with Gasteiger partial charge in [-0.15, -0.1) is 0 Å². The Morgan fingerprint density at radius 2 is 2.00 bits per heavy atom. The molecular weight excluding hydrogens is 196 g/mol. The van der Waals surface area contributed by atoms with E-state index in [1.165, 1.54) is 37.1 Å². The molecule has 16 heavy (non-hydrogen) atoms. The van der Waals surface area contributed by atoms with Gasteiger partial charge in [0.1, 0.15) is 0 Å². The number of nitrogens with zero attached hydrogens (tertiary/aromatic N) is 1. The smallest absolute Gasteiger partial charge is 0.0414 e. The molecule has 0 saturated heterocycles. The second-order valence-electron chi connectivity index (χ2n) is 5.20. The van der Waals surface area contributed by atoms with Crippen molar-refractivity contribution in [3.63, 3.8) is 0 Å². The maximum Gasteiger partial charge on any atom is 0.0414 e. The van der Waals surface area contributed by atoms with E-state index in [2.05, 4.69) is 29.2 Å². The molecule has 1 heterocycles. The van der Waals surface area contributed by atoms with Crippen LogP contribution in [0.1, 0.15) is 37.3 Å². The molecule has 0 amide bonds. The third kappa shape index (κ3) is 1.71. The third-order valence-corrected chi connectivity index (χ3v) is 4.09. The minimum absolute atomic E-state index is 0.244. The molecule has 0 spiro atoms. The molecule has 1 saturated carbocycles. The monoisotopic (exact) mass is 216 g/mol. The Kier molecular flexibility index (Phi) is 2.60. The molecule has 2 heteroatoms. The number of benzene rings is 1. The van der Waals surface area contributed by atoms with E-state index >= 15 is 0 Å². The lowest BCUT2D eigenvalue weighted by Gasteiger charge is -2.38. The highest BCUT2D eigenvalue weighted by Crippen LogP contribution is 2.35. The molecule has 2 nitrogen and oxygen atoms in total. The zero-order chi connectivity index (χ0) is 11.0. The van der Waals surface area contributed by atoms with E-state index in [0.29, 0.717) is 0 Å². The fraction of sp³-hybridized carbons (Fsp3) is 0.571. The number of anilines is 1. The molecule has 86 valence electrons. The summed E-state index contributed by atoms with van der Waals surface area (Å²) in [6, 6.07) is 8.89. The van der Waals surface area contributed by atoms with E-state index in [-0.39, 0.29) is 6.04 Å². The van der Waals surface area contributed by atoms with Gasteiger partial charge in [-0.1, -0.05) is 24.6 Å². The van der Waals surface area contributed by atoms with Gasteiger partial charge in [0.25, 0.3) is 0 Å². The van der Waals surface area contributed by atoms with E-state index in [4.69, 9.17) is 5.73 Å². The second kappa shape index (κ2) is 4.10. The standard InChI is InChI=1S/C14H20N2/c15-13-8-9-16(10-11-4-3-5-11)14-7-2-1-6-12(13)14/h1-2,6-7,11,13H,3-5,8-10,15H2. The first-order chi connectivity index (χ1) is 7.84. The quantitative estimate of drug-likeness (QED) is 0.823. The number of fused-ring (bicyclic) bond motifs is 1. The number of nitrogens with two attached hydrogens (primary N) is 1. The fourth-order valence-corrected chi connectivity index (χ4v) is 2.84. The van der Waals surface area contributed by atoms with Gasteiger partial charge >= 0.3 is 0 Å². The van der Waals surface area contributed by atoms with Gasteiger partial charge < -0.3 is 10.6 Å². The van der Waals surface area contributed by atoms with Gasteiger partial charge in [0, 0.05) is 24.8 Å². The average Bonchev–Trinajstić information content (AvgIpc) is 2.26. The lowest BCUT2D eigenvalue weighted by Crippen LogP contribution is -2.38. The summed E-state index contributed by atoms with van der Waals surface area (Å²) in [5, 5.41) is 0. The van der Waals surface area contributed by atoms with E-state index in [0.717, 1.165) is 18.9 Å². The van der Waals surface area contributed by atoms with Gasteiger partial charge in [0.15, 0.2) is 0 Å². The fourth-order valence-electron chi connectivity index (χ4n) is 2.84. The minimum atomic E-state index is 0.244. The number of hydrogen-bond acceptors (Lipinski definition) is 2. The lowest BCUT2D eigenvalue weighted by molar-refractivity contribution is 0.314. The number of hydrogen-bond donors (Lipinski definition) is 1. The molecule has 1 aliphatic heterocycles. The van der Waals surface area contributed by atoms with Gasteiger partial charge in [-0.2, -0.15) is 0 Å². The molecule has 2 aliphatic rings. The van der Waals surface area contributed by atoms with Crippen LogP contribution < -0.4 is 10.6 Å². The predicted molar refractivity (Wildman–Crippen MR) is 67.5 cm³/mol. The van der Waals surface area contributed by atoms with Gasteiger partial charge in [-0.05, 0) is 36.8 Å². The first-order valence-electron chi connectivity index (χ1n) is 6.44. The Morgan fingerprint density at radius 1 is 1.19 bits per heavy atom. The van der Waals surface area contributed by atoms with Crippen molar-refractivity contribution in [3.05, 3.63) is 29.8 Å². The SMILES string of the molecule is NC1CCN(CC2CCC2)c2ccccc21. The Morgan fingerprint density at radius 3 is 2.75 bits per heavy atom. The summed E-state index contributed by atoms with van der Waals surface area (Å²) in [6.07, 6.45) is 5.37. The van der Waals surface area contributed by atoms with E-state index in [1.54, 1.807) is 0 Å². The molecule has 1 aliphatic carbocycles. The van der Waals surface area contributed by atoms with Crippen LogP contribution in [0.2, 0.25) is 0 Å². The highest BCUT2D eigenvalue weighted by atomic mass is 15.1. The first kappa shape index (κ1) is 10.2. The first-order valence-corrected chi connectivity index (χ1v) is 6.44. The van der Waals surface area contributed by atoms with Crippen molar-refractivity contribution in [2.75, 3.05) is 18.0 Å². The molecule has 0 aromatic heterocycles. The van der Waals surface area contributed by atoms with Crippen LogP contribution in [0.15, 0.2) is 24.3 Å². The van der Waals surface area contributed by atoms with Crippen molar-refractivity contribution >= 4 is 5.69 Å². The zero-order valence-corrected chi connectivity index (χ0v) is 9.73. The minimum Gasteiger partial charge on any atom is -0.371 e. The van der Waals surface area contributed by atoms with Crippen LogP contribution in [-0.4, -0.2) is 13.1 Å². The summed E-state index contributed by atoms with van der Waals surface area (Å²) in [5.41, 5.74) is 8.88. The second-order valence-corrected chi connectivity index (χ2v) is 5.20. The number of para-hydroxylation sites is 1. The predicted octanol–water partition coefficient (Wildman–Crippen LogP) is 2.70. The largest absolute Gasteiger partial charge is 0.371 e. The van der Waals surface area contributed by atoms with Crippen LogP contribution in [-0.2, 0) is 0 Å². The molecule has 2 N–H and O–H groups in total. The lowest BCUT2D eigenvalue weighted by atomic mass is 9.84. The summed E-state index contributed by atoms with van der Waals surface area (Å²) in [5.74, 6) is 0.933. The van der Waals surface area contributed by atoms with Crippen LogP contribution in [0.5, 0.6) is 0 Å². The summed E-state index contributed by atoms with van der Waals surface area (Å²) in [6.45, 7) is 2.37. The van der Waals surface area contributed by atoms with Crippen molar-refractivity contribution in [2.45, 2.75) is 31.7 Å².